The Kier molecular flexibility index (Phi) is 8.40. The van der Waals surface area contributed by atoms with Crippen LogP contribution in [0.25, 0.3) is 0 Å². The number of aliphatic carboxylic acids is 1. The van der Waals surface area contributed by atoms with Crippen molar-refractivity contribution in [1.82, 2.24) is 0 Å². The van der Waals surface area contributed by atoms with E-state index >= 15 is 0 Å². The maximum Gasteiger partial charge on any atom is 0.349 e. The Balaban J connectivity index is 1.93. The van der Waals surface area contributed by atoms with Crippen molar-refractivity contribution in [2.75, 3.05) is 12.4 Å². The molecule has 1 amide bonds. The van der Waals surface area contributed by atoms with Gasteiger partial charge in [0.15, 0.2) is 0 Å². The predicted octanol–water partition coefficient (Wildman–Crippen LogP) is 3.79. The number of esters is 2. The van der Waals surface area contributed by atoms with Gasteiger partial charge in [-0.25, -0.2) is 14.4 Å². The quantitative estimate of drug-likeness (QED) is 0.433. The van der Waals surface area contributed by atoms with E-state index in [0.717, 1.165) is 11.1 Å². The minimum atomic E-state index is -2.13. The topological polar surface area (TPSA) is 128 Å². The Bertz CT molecular complexity index is 1290. The van der Waals surface area contributed by atoms with Gasteiger partial charge < -0.3 is 24.6 Å². The molecule has 2 N–H and O–H groups in total. The molecule has 0 aliphatic heterocycles. The summed E-state index contributed by atoms with van der Waals surface area (Å²) in [6.07, 6.45) is -4.13. The minimum Gasteiger partial charge on any atom is -0.497 e. The highest BCUT2D eigenvalue weighted by Gasteiger charge is 2.41. The number of benzene rings is 3. The highest BCUT2D eigenvalue weighted by atomic mass is 16.6. The number of rotatable bonds is 9. The van der Waals surface area contributed by atoms with Gasteiger partial charge >= 0.3 is 17.9 Å². The van der Waals surface area contributed by atoms with E-state index in [1.54, 1.807) is 50.2 Å². The number of hydrogen-bond donors (Lipinski definition) is 2. The molecular formula is C27H25NO8. The lowest BCUT2D eigenvalue weighted by Crippen LogP contribution is -2.48. The van der Waals surface area contributed by atoms with Gasteiger partial charge in [0.05, 0.1) is 18.2 Å². The average molecular weight is 491 g/mol. The van der Waals surface area contributed by atoms with E-state index in [9.17, 15) is 24.3 Å². The number of amides is 1. The molecule has 186 valence electrons. The number of methoxy groups -OCH3 is 1. The SMILES string of the molecule is COc1cccc(NC(=O)[C@H](OC(=O)c2cccc(C)c2)[C@@H](OC(=O)c2cccc(C)c2)C(=O)O)c1. The van der Waals surface area contributed by atoms with Crippen LogP contribution in [0.1, 0.15) is 31.8 Å². The van der Waals surface area contributed by atoms with Gasteiger partial charge in [-0.1, -0.05) is 41.5 Å². The Morgan fingerprint density at radius 2 is 1.28 bits per heavy atom. The molecule has 3 aromatic carbocycles. The van der Waals surface area contributed by atoms with Crippen LogP contribution in [0.3, 0.4) is 0 Å². The van der Waals surface area contributed by atoms with Crippen LogP contribution in [0.5, 0.6) is 5.75 Å². The van der Waals surface area contributed by atoms with Gasteiger partial charge in [0.25, 0.3) is 5.91 Å². The summed E-state index contributed by atoms with van der Waals surface area (Å²) in [5.41, 5.74) is 1.93. The Labute approximate surface area is 207 Å². The first-order valence-electron chi connectivity index (χ1n) is 10.9. The summed E-state index contributed by atoms with van der Waals surface area (Å²) in [6.45, 7) is 3.51. The van der Waals surface area contributed by atoms with Crippen molar-refractivity contribution in [2.45, 2.75) is 26.1 Å². The van der Waals surface area contributed by atoms with Crippen molar-refractivity contribution in [2.24, 2.45) is 0 Å². The number of carbonyl (C=O) groups is 4. The first-order chi connectivity index (χ1) is 17.2. The van der Waals surface area contributed by atoms with Crippen LogP contribution in [0, 0.1) is 13.8 Å². The zero-order valence-corrected chi connectivity index (χ0v) is 19.9. The molecule has 0 heterocycles. The maximum atomic E-state index is 13.2. The smallest absolute Gasteiger partial charge is 0.349 e. The Morgan fingerprint density at radius 1 is 0.750 bits per heavy atom. The normalized spacial score (nSPS) is 12.1. The Hall–Kier alpha value is -4.66. The molecule has 9 nitrogen and oxygen atoms in total. The van der Waals surface area contributed by atoms with Crippen LogP contribution in [-0.4, -0.2) is 48.2 Å². The third kappa shape index (κ3) is 6.69. The summed E-state index contributed by atoms with van der Waals surface area (Å²) >= 11 is 0. The number of carbonyl (C=O) groups excluding carboxylic acids is 3. The number of carboxylic acid groups (broad SMARTS) is 1. The van der Waals surface area contributed by atoms with Crippen LogP contribution in [0.2, 0.25) is 0 Å². The lowest BCUT2D eigenvalue weighted by atomic mass is 10.1. The first-order valence-corrected chi connectivity index (χ1v) is 10.9. The molecule has 2 atom stereocenters. The van der Waals surface area contributed by atoms with Gasteiger partial charge in [0.1, 0.15) is 5.75 Å². The summed E-state index contributed by atoms with van der Waals surface area (Å²) in [7, 11) is 1.44. The molecule has 0 aliphatic rings. The second-order valence-electron chi connectivity index (χ2n) is 7.95. The van der Waals surface area contributed by atoms with Crippen molar-refractivity contribution in [3.05, 3.63) is 95.1 Å². The molecular weight excluding hydrogens is 466 g/mol. The summed E-state index contributed by atoms with van der Waals surface area (Å²) in [4.78, 5) is 50.9. The molecule has 0 spiro atoms. The molecule has 3 rings (SSSR count). The van der Waals surface area contributed by atoms with E-state index in [2.05, 4.69) is 5.32 Å². The number of carboxylic acids is 1. The van der Waals surface area contributed by atoms with Gasteiger partial charge in [-0.2, -0.15) is 0 Å². The van der Waals surface area contributed by atoms with Crippen LogP contribution in [-0.2, 0) is 19.1 Å². The molecule has 3 aromatic rings. The zero-order valence-electron chi connectivity index (χ0n) is 19.9. The van der Waals surface area contributed by atoms with Crippen molar-refractivity contribution >= 4 is 29.5 Å². The first kappa shape index (κ1) is 26.0. The van der Waals surface area contributed by atoms with E-state index < -0.39 is 36.0 Å². The second-order valence-corrected chi connectivity index (χ2v) is 7.95. The van der Waals surface area contributed by atoms with E-state index in [0.29, 0.717) is 5.75 Å². The molecule has 0 aliphatic carbocycles. The van der Waals surface area contributed by atoms with Crippen LogP contribution < -0.4 is 10.1 Å². The van der Waals surface area contributed by atoms with Crippen LogP contribution in [0.15, 0.2) is 72.8 Å². The minimum absolute atomic E-state index is 0.0817. The summed E-state index contributed by atoms with van der Waals surface area (Å²) in [5, 5.41) is 12.3. The number of aryl methyl sites for hydroxylation is 2. The van der Waals surface area contributed by atoms with Crippen LogP contribution >= 0.6 is 0 Å². The van der Waals surface area contributed by atoms with Crippen molar-refractivity contribution in [3.8, 4) is 5.75 Å². The molecule has 0 fully saturated rings. The summed E-state index contributed by atoms with van der Waals surface area (Å²) in [5.74, 6) is -4.19. The summed E-state index contributed by atoms with van der Waals surface area (Å²) in [6, 6.07) is 18.9. The summed E-state index contributed by atoms with van der Waals surface area (Å²) < 4.78 is 15.6. The molecule has 0 aromatic heterocycles. The van der Waals surface area contributed by atoms with Crippen molar-refractivity contribution in [3.63, 3.8) is 0 Å². The highest BCUT2D eigenvalue weighted by Crippen LogP contribution is 2.20. The number of hydrogen-bond acceptors (Lipinski definition) is 7. The zero-order chi connectivity index (χ0) is 26.2. The van der Waals surface area contributed by atoms with Gasteiger partial charge in [-0.05, 0) is 50.2 Å². The second kappa shape index (κ2) is 11.7. The number of ether oxygens (including phenoxy) is 3. The largest absolute Gasteiger partial charge is 0.497 e. The predicted molar refractivity (Wildman–Crippen MR) is 130 cm³/mol. The molecule has 0 saturated heterocycles. The fourth-order valence-corrected chi connectivity index (χ4v) is 3.32. The van der Waals surface area contributed by atoms with Gasteiger partial charge in [0, 0.05) is 11.8 Å². The fraction of sp³-hybridized carbons (Fsp3) is 0.185. The molecule has 0 unspecified atom stereocenters. The standard InChI is InChI=1S/C27H25NO8/c1-16-7-4-9-18(13-16)26(32)35-22(24(29)28-20-11-6-12-21(15-20)34-3)23(25(30)31)36-27(33)19-10-5-8-17(2)14-19/h4-15,22-23H,1-3H3,(H,28,29)(H,30,31)/t22-,23-/m1/s1. The van der Waals surface area contributed by atoms with E-state index in [1.165, 1.54) is 43.5 Å². The van der Waals surface area contributed by atoms with E-state index in [4.69, 9.17) is 14.2 Å². The highest BCUT2D eigenvalue weighted by molar-refractivity contribution is 6.01. The Morgan fingerprint density at radius 3 is 1.78 bits per heavy atom. The average Bonchev–Trinajstić information content (AvgIpc) is 2.85. The lowest BCUT2D eigenvalue weighted by Gasteiger charge is -2.23. The van der Waals surface area contributed by atoms with Crippen molar-refractivity contribution in [1.29, 1.82) is 0 Å². The number of nitrogens with one attached hydrogen (secondary N) is 1. The van der Waals surface area contributed by atoms with Crippen LogP contribution in [0.4, 0.5) is 5.69 Å². The van der Waals surface area contributed by atoms with Gasteiger partial charge in [-0.15, -0.1) is 0 Å². The molecule has 9 heteroatoms. The van der Waals surface area contributed by atoms with E-state index in [-0.39, 0.29) is 16.8 Å². The molecule has 0 bridgehead atoms. The molecule has 36 heavy (non-hydrogen) atoms. The van der Waals surface area contributed by atoms with Crippen molar-refractivity contribution < 1.29 is 38.5 Å². The van der Waals surface area contributed by atoms with E-state index in [1.807, 2.05) is 0 Å². The van der Waals surface area contributed by atoms with Gasteiger partial charge in [-0.3, -0.25) is 4.79 Å². The monoisotopic (exact) mass is 491 g/mol. The molecule has 0 saturated carbocycles. The molecule has 0 radical (unpaired) electrons. The third-order valence-corrected chi connectivity index (χ3v) is 5.09. The fourth-order valence-electron chi connectivity index (χ4n) is 3.32. The number of anilines is 1. The maximum absolute atomic E-state index is 13.2. The third-order valence-electron chi connectivity index (χ3n) is 5.09. The van der Waals surface area contributed by atoms with Gasteiger partial charge in [0.2, 0.25) is 12.2 Å². The lowest BCUT2D eigenvalue weighted by molar-refractivity contribution is -0.157.